The molecule has 7 nitrogen and oxygen atoms in total. The van der Waals surface area contributed by atoms with Gasteiger partial charge >= 0.3 is 5.97 Å². The zero-order valence-electron chi connectivity index (χ0n) is 18.6. The third-order valence-electron chi connectivity index (χ3n) is 5.01. The Bertz CT molecular complexity index is 1430. The van der Waals surface area contributed by atoms with E-state index < -0.39 is 11.9 Å². The zero-order valence-corrected chi connectivity index (χ0v) is 20.2. The molecule has 2 amide bonds. The molecule has 0 aliphatic carbocycles. The Balaban J connectivity index is 1.27. The molecule has 0 aliphatic heterocycles. The monoisotopic (exact) mass is 505 g/mol. The van der Waals surface area contributed by atoms with Crippen molar-refractivity contribution in [3.8, 4) is 5.75 Å². The van der Waals surface area contributed by atoms with E-state index in [0.717, 1.165) is 15.6 Å². The molecule has 0 spiro atoms. The minimum absolute atomic E-state index is 0.209. The molecular weight excluding hydrogens is 486 g/mol. The normalized spacial score (nSPS) is 10.9. The predicted molar refractivity (Wildman–Crippen MR) is 137 cm³/mol. The van der Waals surface area contributed by atoms with E-state index in [0.29, 0.717) is 26.8 Å². The molecular formula is C26H20ClN3O4S. The second-order valence-electron chi connectivity index (χ2n) is 7.49. The molecule has 0 atom stereocenters. The van der Waals surface area contributed by atoms with Crippen LogP contribution in [0.4, 0.5) is 0 Å². The molecule has 3 aromatic carbocycles. The molecule has 9 heteroatoms. The SMILES string of the molecule is Cc1ccccc1C(=O)NCC(=O)NN=Cc1ccc(OC(=O)c2sc3ccccc3c2Cl)cc1. The van der Waals surface area contributed by atoms with Gasteiger partial charge in [-0.25, -0.2) is 10.2 Å². The van der Waals surface area contributed by atoms with E-state index in [1.54, 1.807) is 36.4 Å². The smallest absolute Gasteiger partial charge is 0.355 e. The number of aryl methyl sites for hydroxylation is 1. The maximum atomic E-state index is 12.6. The molecule has 4 rings (SSSR count). The molecule has 0 bridgehead atoms. The van der Waals surface area contributed by atoms with E-state index in [-0.39, 0.29) is 12.5 Å². The lowest BCUT2D eigenvalue weighted by atomic mass is 10.1. The number of halogens is 1. The Kier molecular flexibility index (Phi) is 7.54. The summed E-state index contributed by atoms with van der Waals surface area (Å²) in [7, 11) is 0. The summed E-state index contributed by atoms with van der Waals surface area (Å²) in [5.74, 6) is -0.973. The first kappa shape index (κ1) is 24.1. The average Bonchev–Trinajstić information content (AvgIpc) is 3.20. The van der Waals surface area contributed by atoms with Crippen LogP contribution >= 0.6 is 22.9 Å². The minimum Gasteiger partial charge on any atom is -0.422 e. The third kappa shape index (κ3) is 5.92. The summed E-state index contributed by atoms with van der Waals surface area (Å²) in [6.07, 6.45) is 1.44. The van der Waals surface area contributed by atoms with Crippen molar-refractivity contribution >= 4 is 57.0 Å². The van der Waals surface area contributed by atoms with Gasteiger partial charge in [-0.05, 0) is 54.4 Å². The van der Waals surface area contributed by atoms with Gasteiger partial charge in [-0.1, -0.05) is 48.0 Å². The quantitative estimate of drug-likeness (QED) is 0.160. The Morgan fingerprint density at radius 3 is 2.46 bits per heavy atom. The van der Waals surface area contributed by atoms with Crippen molar-refractivity contribution < 1.29 is 19.1 Å². The number of carbonyl (C=O) groups is 3. The molecule has 0 unspecified atom stereocenters. The maximum Gasteiger partial charge on any atom is 0.355 e. The van der Waals surface area contributed by atoms with Crippen LogP contribution in [-0.2, 0) is 4.79 Å². The van der Waals surface area contributed by atoms with Gasteiger partial charge in [-0.2, -0.15) is 5.10 Å². The maximum absolute atomic E-state index is 12.6. The number of rotatable bonds is 7. The van der Waals surface area contributed by atoms with Crippen LogP contribution in [0.25, 0.3) is 10.1 Å². The van der Waals surface area contributed by atoms with E-state index >= 15 is 0 Å². The fourth-order valence-electron chi connectivity index (χ4n) is 3.22. The number of nitrogens with one attached hydrogen (secondary N) is 2. The first-order valence-electron chi connectivity index (χ1n) is 10.6. The number of nitrogens with zero attached hydrogens (tertiary/aromatic N) is 1. The lowest BCUT2D eigenvalue weighted by molar-refractivity contribution is -0.120. The number of esters is 1. The number of hydrogen-bond donors (Lipinski definition) is 2. The van der Waals surface area contributed by atoms with E-state index in [9.17, 15) is 14.4 Å². The molecule has 4 aromatic rings. The van der Waals surface area contributed by atoms with Gasteiger partial charge in [0.25, 0.3) is 11.8 Å². The van der Waals surface area contributed by atoms with Crippen molar-refractivity contribution in [3.63, 3.8) is 0 Å². The number of hydrogen-bond acceptors (Lipinski definition) is 6. The van der Waals surface area contributed by atoms with E-state index in [4.69, 9.17) is 16.3 Å². The lowest BCUT2D eigenvalue weighted by Crippen LogP contribution is -2.35. The van der Waals surface area contributed by atoms with Crippen molar-refractivity contribution in [2.75, 3.05) is 6.54 Å². The predicted octanol–water partition coefficient (Wildman–Crippen LogP) is 4.96. The molecule has 0 radical (unpaired) electrons. The summed E-state index contributed by atoms with van der Waals surface area (Å²) in [4.78, 5) is 37.0. The Hall–Kier alpha value is -4.01. The van der Waals surface area contributed by atoms with Gasteiger partial charge in [0, 0.05) is 15.6 Å². The van der Waals surface area contributed by atoms with Crippen LogP contribution in [0.5, 0.6) is 5.75 Å². The van der Waals surface area contributed by atoms with Crippen LogP contribution in [0.1, 0.15) is 31.2 Å². The number of fused-ring (bicyclic) bond motifs is 1. The minimum atomic E-state index is -0.530. The van der Waals surface area contributed by atoms with E-state index in [1.165, 1.54) is 17.6 Å². The van der Waals surface area contributed by atoms with E-state index in [1.807, 2.05) is 43.3 Å². The van der Waals surface area contributed by atoms with E-state index in [2.05, 4.69) is 15.8 Å². The highest BCUT2D eigenvalue weighted by molar-refractivity contribution is 7.21. The van der Waals surface area contributed by atoms with Crippen LogP contribution in [-0.4, -0.2) is 30.5 Å². The molecule has 1 heterocycles. The van der Waals surface area contributed by atoms with Gasteiger partial charge in [0.1, 0.15) is 10.6 Å². The molecule has 1 aromatic heterocycles. The highest BCUT2D eigenvalue weighted by atomic mass is 35.5. The molecule has 35 heavy (non-hydrogen) atoms. The average molecular weight is 506 g/mol. The van der Waals surface area contributed by atoms with Gasteiger partial charge in [-0.15, -0.1) is 11.3 Å². The van der Waals surface area contributed by atoms with Crippen molar-refractivity contribution in [2.24, 2.45) is 5.10 Å². The third-order valence-corrected chi connectivity index (χ3v) is 6.67. The number of amides is 2. The highest BCUT2D eigenvalue weighted by Gasteiger charge is 2.19. The van der Waals surface area contributed by atoms with Crippen LogP contribution in [0.15, 0.2) is 77.9 Å². The Morgan fingerprint density at radius 1 is 1.00 bits per heavy atom. The van der Waals surface area contributed by atoms with Gasteiger partial charge in [0.05, 0.1) is 17.8 Å². The van der Waals surface area contributed by atoms with Crippen molar-refractivity contribution in [1.82, 2.24) is 10.7 Å². The Labute approximate surface area is 210 Å². The first-order chi connectivity index (χ1) is 16.9. The molecule has 0 fully saturated rings. The van der Waals surface area contributed by atoms with Gasteiger partial charge in [-0.3, -0.25) is 9.59 Å². The summed E-state index contributed by atoms with van der Waals surface area (Å²) in [6.45, 7) is 1.62. The Morgan fingerprint density at radius 2 is 1.71 bits per heavy atom. The molecule has 0 saturated heterocycles. The summed E-state index contributed by atoms with van der Waals surface area (Å²) in [6, 6.07) is 21.2. The lowest BCUT2D eigenvalue weighted by Gasteiger charge is -2.06. The first-order valence-corrected chi connectivity index (χ1v) is 11.8. The fourth-order valence-corrected chi connectivity index (χ4v) is 4.61. The number of thiophene rings is 1. The topological polar surface area (TPSA) is 96.9 Å². The number of hydrazone groups is 1. The van der Waals surface area contributed by atoms with Gasteiger partial charge in [0.2, 0.25) is 0 Å². The number of carbonyl (C=O) groups excluding carboxylic acids is 3. The van der Waals surface area contributed by atoms with Crippen LogP contribution in [0.2, 0.25) is 5.02 Å². The molecule has 2 N–H and O–H groups in total. The highest BCUT2D eigenvalue weighted by Crippen LogP contribution is 2.35. The second kappa shape index (κ2) is 10.9. The van der Waals surface area contributed by atoms with Crippen LogP contribution in [0, 0.1) is 6.92 Å². The molecule has 0 aliphatic rings. The fraction of sp³-hybridized carbons (Fsp3) is 0.0769. The molecule has 176 valence electrons. The zero-order chi connectivity index (χ0) is 24.8. The van der Waals surface area contributed by atoms with Crippen LogP contribution in [0.3, 0.4) is 0 Å². The molecule has 0 saturated carbocycles. The van der Waals surface area contributed by atoms with Crippen molar-refractivity contribution in [2.45, 2.75) is 6.92 Å². The standard InChI is InChI=1S/C26H20ClN3O4S/c1-16-6-2-3-7-19(16)25(32)28-15-22(31)30-29-14-17-10-12-18(13-11-17)34-26(33)24-23(27)20-8-4-5-9-21(20)35-24/h2-14H,15H2,1H3,(H,28,32)(H,30,31). The second-order valence-corrected chi connectivity index (χ2v) is 8.92. The largest absolute Gasteiger partial charge is 0.422 e. The van der Waals surface area contributed by atoms with Gasteiger partial charge < -0.3 is 10.1 Å². The summed E-state index contributed by atoms with van der Waals surface area (Å²) >= 11 is 7.62. The van der Waals surface area contributed by atoms with Crippen LogP contribution < -0.4 is 15.5 Å². The number of benzene rings is 3. The van der Waals surface area contributed by atoms with Crippen molar-refractivity contribution in [1.29, 1.82) is 0 Å². The summed E-state index contributed by atoms with van der Waals surface area (Å²) < 4.78 is 6.35. The summed E-state index contributed by atoms with van der Waals surface area (Å²) in [5, 5.41) is 7.64. The number of ether oxygens (including phenoxy) is 1. The summed E-state index contributed by atoms with van der Waals surface area (Å²) in [5.41, 5.74) is 4.37. The van der Waals surface area contributed by atoms with Crippen molar-refractivity contribution in [3.05, 3.63) is 99.4 Å². The van der Waals surface area contributed by atoms with Gasteiger partial charge in [0.15, 0.2) is 0 Å².